The van der Waals surface area contributed by atoms with E-state index in [9.17, 15) is 0 Å². The van der Waals surface area contributed by atoms with Gasteiger partial charge in [-0.1, -0.05) is 20.3 Å². The lowest BCUT2D eigenvalue weighted by Gasteiger charge is -2.26. The molecule has 13 heavy (non-hydrogen) atoms. The molecule has 2 heteroatoms. The smallest absolute Gasteiger partial charge is 0.106 e. The lowest BCUT2D eigenvalue weighted by atomic mass is 9.92. The highest BCUT2D eigenvalue weighted by atomic mass is 15.0. The molecule has 1 N–H and O–H groups in total. The maximum absolute atomic E-state index is 9.13. The second-order valence-electron chi connectivity index (χ2n) is 4.12. The van der Waals surface area contributed by atoms with Crippen molar-refractivity contribution in [3.8, 4) is 6.07 Å². The highest BCUT2D eigenvalue weighted by Crippen LogP contribution is 2.29. The Morgan fingerprint density at radius 1 is 1.46 bits per heavy atom. The monoisotopic (exact) mass is 180 g/mol. The molecule has 0 heterocycles. The minimum absolute atomic E-state index is 0.239. The maximum Gasteiger partial charge on any atom is 0.106 e. The molecule has 1 rings (SSSR count). The van der Waals surface area contributed by atoms with Crippen molar-refractivity contribution in [2.24, 2.45) is 5.92 Å². The molecule has 1 saturated carbocycles. The molecule has 1 fully saturated rings. The summed E-state index contributed by atoms with van der Waals surface area (Å²) in [6, 6.07) is 2.44. The molecule has 0 aromatic carbocycles. The van der Waals surface area contributed by atoms with Crippen LogP contribution in [-0.2, 0) is 0 Å². The summed E-state index contributed by atoms with van der Waals surface area (Å²) in [5, 5.41) is 12.6. The van der Waals surface area contributed by atoms with Gasteiger partial charge in [-0.3, -0.25) is 5.32 Å². The molecule has 1 atom stereocenters. The maximum atomic E-state index is 9.13. The molecule has 0 aromatic rings. The molecular weight excluding hydrogens is 160 g/mol. The van der Waals surface area contributed by atoms with Gasteiger partial charge in [-0.25, -0.2) is 0 Å². The highest BCUT2D eigenvalue weighted by molar-refractivity contribution is 5.06. The molecule has 0 aromatic heterocycles. The first-order valence-electron chi connectivity index (χ1n) is 5.42. The highest BCUT2D eigenvalue weighted by Gasteiger charge is 2.29. The van der Waals surface area contributed by atoms with Crippen molar-refractivity contribution in [3.05, 3.63) is 0 Å². The Labute approximate surface area is 81.3 Å². The number of hydrogen-bond donors (Lipinski definition) is 1. The Morgan fingerprint density at radius 2 is 2.15 bits per heavy atom. The molecule has 0 spiro atoms. The number of nitrogens with zero attached hydrogens (tertiary/aromatic N) is 1. The fraction of sp³-hybridized carbons (Fsp3) is 0.909. The van der Waals surface area contributed by atoms with Gasteiger partial charge in [0.2, 0.25) is 0 Å². The summed E-state index contributed by atoms with van der Waals surface area (Å²) in [7, 11) is 0. The fourth-order valence-corrected chi connectivity index (χ4v) is 1.65. The summed E-state index contributed by atoms with van der Waals surface area (Å²) in [5.74, 6) is 0.858. The molecule has 0 bridgehead atoms. The van der Waals surface area contributed by atoms with Crippen molar-refractivity contribution in [2.75, 3.05) is 6.54 Å². The van der Waals surface area contributed by atoms with E-state index in [1.54, 1.807) is 0 Å². The van der Waals surface area contributed by atoms with Gasteiger partial charge < -0.3 is 0 Å². The van der Waals surface area contributed by atoms with Gasteiger partial charge in [0, 0.05) is 0 Å². The topological polar surface area (TPSA) is 35.8 Å². The van der Waals surface area contributed by atoms with Gasteiger partial charge in [-0.2, -0.15) is 5.26 Å². The second-order valence-corrected chi connectivity index (χ2v) is 4.12. The number of nitrogens with one attached hydrogen (secondary N) is 1. The van der Waals surface area contributed by atoms with Crippen LogP contribution in [0.25, 0.3) is 0 Å². The average molecular weight is 180 g/mol. The van der Waals surface area contributed by atoms with Crippen LogP contribution in [0.5, 0.6) is 0 Å². The molecule has 1 aliphatic carbocycles. The van der Waals surface area contributed by atoms with Crippen molar-refractivity contribution in [1.82, 2.24) is 5.32 Å². The molecule has 1 unspecified atom stereocenters. The first-order chi connectivity index (χ1) is 6.26. The van der Waals surface area contributed by atoms with E-state index in [0.717, 1.165) is 31.7 Å². The van der Waals surface area contributed by atoms with E-state index in [0.29, 0.717) is 0 Å². The first kappa shape index (κ1) is 10.5. The van der Waals surface area contributed by atoms with Crippen LogP contribution in [0, 0.1) is 17.2 Å². The third-order valence-electron chi connectivity index (χ3n) is 2.92. The Balaban J connectivity index is 2.38. The van der Waals surface area contributed by atoms with Gasteiger partial charge in [0.1, 0.15) is 5.54 Å². The fourth-order valence-electron chi connectivity index (χ4n) is 1.65. The molecule has 0 radical (unpaired) electrons. The molecule has 1 aliphatic rings. The summed E-state index contributed by atoms with van der Waals surface area (Å²) in [6.45, 7) is 5.28. The largest absolute Gasteiger partial charge is 0.299 e. The second kappa shape index (κ2) is 4.62. The predicted octanol–water partition coefficient (Wildman–Crippen LogP) is 2.46. The number of rotatable bonds is 6. The van der Waals surface area contributed by atoms with Gasteiger partial charge in [-0.05, 0) is 38.1 Å². The number of nitriles is 1. The zero-order chi connectivity index (χ0) is 9.73. The summed E-state index contributed by atoms with van der Waals surface area (Å²) in [6.07, 6.45) is 5.69. The van der Waals surface area contributed by atoms with Crippen LogP contribution < -0.4 is 5.32 Å². The summed E-state index contributed by atoms with van der Waals surface area (Å²) in [5.41, 5.74) is -0.239. The molecule has 0 saturated heterocycles. The predicted molar refractivity (Wildman–Crippen MR) is 54.3 cm³/mol. The molecule has 0 amide bonds. The van der Waals surface area contributed by atoms with E-state index in [1.807, 2.05) is 0 Å². The van der Waals surface area contributed by atoms with Crippen molar-refractivity contribution < 1.29 is 0 Å². The van der Waals surface area contributed by atoms with Crippen LogP contribution in [-0.4, -0.2) is 12.1 Å². The van der Waals surface area contributed by atoms with Crippen LogP contribution >= 0.6 is 0 Å². The third-order valence-corrected chi connectivity index (χ3v) is 2.92. The van der Waals surface area contributed by atoms with Gasteiger partial charge in [0.05, 0.1) is 6.07 Å². The molecule has 2 nitrogen and oxygen atoms in total. The van der Waals surface area contributed by atoms with Gasteiger partial charge in [-0.15, -0.1) is 0 Å². The summed E-state index contributed by atoms with van der Waals surface area (Å²) < 4.78 is 0. The van der Waals surface area contributed by atoms with Crippen molar-refractivity contribution in [3.63, 3.8) is 0 Å². The SMILES string of the molecule is CCCC(C#N)(CC)NCC1CC1. The van der Waals surface area contributed by atoms with Crippen molar-refractivity contribution in [2.45, 2.75) is 51.5 Å². The zero-order valence-corrected chi connectivity index (χ0v) is 8.77. The average Bonchev–Trinajstić information content (AvgIpc) is 2.96. The van der Waals surface area contributed by atoms with Crippen LogP contribution in [0.3, 0.4) is 0 Å². The minimum atomic E-state index is -0.239. The van der Waals surface area contributed by atoms with Crippen molar-refractivity contribution in [1.29, 1.82) is 5.26 Å². The van der Waals surface area contributed by atoms with Crippen LogP contribution in [0.15, 0.2) is 0 Å². The zero-order valence-electron chi connectivity index (χ0n) is 8.77. The summed E-state index contributed by atoms with van der Waals surface area (Å²) in [4.78, 5) is 0. The lowest BCUT2D eigenvalue weighted by Crippen LogP contribution is -2.44. The van der Waals surface area contributed by atoms with Crippen LogP contribution in [0.4, 0.5) is 0 Å². The first-order valence-corrected chi connectivity index (χ1v) is 5.42. The Morgan fingerprint density at radius 3 is 2.54 bits per heavy atom. The van der Waals surface area contributed by atoms with Gasteiger partial charge >= 0.3 is 0 Å². The molecule has 74 valence electrons. The quantitative estimate of drug-likeness (QED) is 0.681. The molecular formula is C11H20N2. The van der Waals surface area contributed by atoms with Crippen molar-refractivity contribution >= 4 is 0 Å². The Bertz CT molecular complexity index is 191. The van der Waals surface area contributed by atoms with E-state index in [1.165, 1.54) is 12.8 Å². The molecule has 0 aliphatic heterocycles. The van der Waals surface area contributed by atoms with Gasteiger partial charge in [0.15, 0.2) is 0 Å². The normalized spacial score (nSPS) is 20.7. The summed E-state index contributed by atoms with van der Waals surface area (Å²) >= 11 is 0. The van der Waals surface area contributed by atoms with Gasteiger partial charge in [0.25, 0.3) is 0 Å². The third kappa shape index (κ3) is 3.00. The van der Waals surface area contributed by atoms with E-state index < -0.39 is 0 Å². The Kier molecular flexibility index (Phi) is 3.74. The Hall–Kier alpha value is -0.550. The van der Waals surface area contributed by atoms with E-state index in [-0.39, 0.29) is 5.54 Å². The van der Waals surface area contributed by atoms with Crippen LogP contribution in [0.1, 0.15) is 46.0 Å². The lowest BCUT2D eigenvalue weighted by molar-refractivity contribution is 0.363. The van der Waals surface area contributed by atoms with E-state index >= 15 is 0 Å². The standard InChI is InChI=1S/C11H20N2/c1-3-7-11(4-2,9-12)13-8-10-5-6-10/h10,13H,3-8H2,1-2H3. The minimum Gasteiger partial charge on any atom is -0.299 e. The number of hydrogen-bond acceptors (Lipinski definition) is 2. The van der Waals surface area contributed by atoms with E-state index in [2.05, 4.69) is 25.2 Å². The van der Waals surface area contributed by atoms with Crippen LogP contribution in [0.2, 0.25) is 0 Å². The van der Waals surface area contributed by atoms with E-state index in [4.69, 9.17) is 5.26 Å².